The molecule has 0 saturated heterocycles. The lowest BCUT2D eigenvalue weighted by atomic mass is 10.1. The number of amides is 1. The summed E-state index contributed by atoms with van der Waals surface area (Å²) < 4.78 is 0. The van der Waals surface area contributed by atoms with Crippen molar-refractivity contribution in [3.05, 3.63) is 29.8 Å². The zero-order chi connectivity index (χ0) is 11.1. The Bertz CT molecular complexity index is 323. The van der Waals surface area contributed by atoms with Crippen molar-refractivity contribution < 1.29 is 9.90 Å². The Kier molecular flexibility index (Phi) is 4.84. The normalized spacial score (nSPS) is 10.0. The molecule has 0 atom stereocenters. The van der Waals surface area contributed by atoms with E-state index >= 15 is 0 Å². The number of benzene rings is 1. The number of nitrogens with one attached hydrogen (secondary N) is 1. The first-order chi connectivity index (χ1) is 7.22. The van der Waals surface area contributed by atoms with Crippen LogP contribution in [0.3, 0.4) is 0 Å². The highest BCUT2D eigenvalue weighted by atomic mass is 16.2. The summed E-state index contributed by atoms with van der Waals surface area (Å²) in [5, 5.41) is 11.4. The number of aliphatic hydroxyl groups is 1. The van der Waals surface area contributed by atoms with Gasteiger partial charge >= 0.3 is 0 Å². The molecule has 15 heavy (non-hydrogen) atoms. The van der Waals surface area contributed by atoms with E-state index in [1.807, 2.05) is 24.3 Å². The summed E-state index contributed by atoms with van der Waals surface area (Å²) in [5.74, 6) is -0.0532. The van der Waals surface area contributed by atoms with Gasteiger partial charge in [0.2, 0.25) is 5.91 Å². The molecule has 1 aromatic rings. The fourth-order valence-electron chi connectivity index (χ4n) is 1.45. The molecule has 1 rings (SSSR count). The van der Waals surface area contributed by atoms with Gasteiger partial charge < -0.3 is 10.4 Å². The summed E-state index contributed by atoms with van der Waals surface area (Å²) in [6, 6.07) is 7.80. The molecule has 0 aliphatic rings. The summed E-state index contributed by atoms with van der Waals surface area (Å²) in [6.07, 6.45) is 2.73. The Morgan fingerprint density at radius 1 is 1.40 bits per heavy atom. The molecule has 0 saturated carbocycles. The fraction of sp³-hybridized carbons (Fsp3) is 0.417. The van der Waals surface area contributed by atoms with Gasteiger partial charge in [-0.05, 0) is 37.0 Å². The van der Waals surface area contributed by atoms with Crippen LogP contribution >= 0.6 is 0 Å². The first-order valence-electron chi connectivity index (χ1n) is 5.20. The maximum absolute atomic E-state index is 10.8. The summed E-state index contributed by atoms with van der Waals surface area (Å²) in [4.78, 5) is 10.8. The standard InChI is InChI=1S/C12H17NO2/c1-10(15)13-12-7-4-6-11(9-12)5-2-3-8-14/h4,6-7,9,14H,2-3,5,8H2,1H3,(H,13,15). The van der Waals surface area contributed by atoms with Crippen LogP contribution < -0.4 is 5.32 Å². The van der Waals surface area contributed by atoms with E-state index in [0.717, 1.165) is 24.9 Å². The minimum atomic E-state index is -0.0532. The highest BCUT2D eigenvalue weighted by molar-refractivity contribution is 5.88. The van der Waals surface area contributed by atoms with Gasteiger partial charge in [0.25, 0.3) is 0 Å². The van der Waals surface area contributed by atoms with Gasteiger partial charge in [0.05, 0.1) is 0 Å². The molecule has 0 spiro atoms. The van der Waals surface area contributed by atoms with E-state index in [0.29, 0.717) is 0 Å². The van der Waals surface area contributed by atoms with Crippen LogP contribution in [-0.4, -0.2) is 17.6 Å². The molecular formula is C12H17NO2. The predicted molar refractivity (Wildman–Crippen MR) is 60.8 cm³/mol. The van der Waals surface area contributed by atoms with Crippen molar-refractivity contribution in [1.29, 1.82) is 0 Å². The SMILES string of the molecule is CC(=O)Nc1cccc(CCCCO)c1. The van der Waals surface area contributed by atoms with E-state index in [2.05, 4.69) is 5.32 Å². The fourth-order valence-corrected chi connectivity index (χ4v) is 1.45. The van der Waals surface area contributed by atoms with Gasteiger partial charge in [0.1, 0.15) is 0 Å². The highest BCUT2D eigenvalue weighted by Crippen LogP contribution is 2.12. The minimum Gasteiger partial charge on any atom is -0.396 e. The molecule has 1 aromatic carbocycles. The van der Waals surface area contributed by atoms with Gasteiger partial charge in [0.15, 0.2) is 0 Å². The minimum absolute atomic E-state index is 0.0532. The van der Waals surface area contributed by atoms with Crippen LogP contribution in [-0.2, 0) is 11.2 Å². The van der Waals surface area contributed by atoms with Crippen molar-refractivity contribution in [3.8, 4) is 0 Å². The van der Waals surface area contributed by atoms with E-state index in [4.69, 9.17) is 5.11 Å². The maximum Gasteiger partial charge on any atom is 0.221 e. The molecule has 3 heteroatoms. The van der Waals surface area contributed by atoms with E-state index < -0.39 is 0 Å². The quantitative estimate of drug-likeness (QED) is 0.725. The van der Waals surface area contributed by atoms with Crippen LogP contribution in [0.25, 0.3) is 0 Å². The van der Waals surface area contributed by atoms with Crippen molar-refractivity contribution in [3.63, 3.8) is 0 Å². The van der Waals surface area contributed by atoms with Gasteiger partial charge in [-0.1, -0.05) is 12.1 Å². The van der Waals surface area contributed by atoms with Crippen LogP contribution in [0, 0.1) is 0 Å². The maximum atomic E-state index is 10.8. The van der Waals surface area contributed by atoms with Crippen LogP contribution in [0.2, 0.25) is 0 Å². The van der Waals surface area contributed by atoms with Crippen LogP contribution in [0.15, 0.2) is 24.3 Å². The second-order valence-electron chi connectivity index (χ2n) is 3.56. The van der Waals surface area contributed by atoms with Crippen LogP contribution in [0.4, 0.5) is 5.69 Å². The number of hydrogen-bond acceptors (Lipinski definition) is 2. The zero-order valence-corrected chi connectivity index (χ0v) is 8.99. The first kappa shape index (κ1) is 11.7. The monoisotopic (exact) mass is 207 g/mol. The average molecular weight is 207 g/mol. The number of anilines is 1. The Balaban J connectivity index is 2.53. The zero-order valence-electron chi connectivity index (χ0n) is 8.99. The average Bonchev–Trinajstić information content (AvgIpc) is 2.18. The Morgan fingerprint density at radius 3 is 2.87 bits per heavy atom. The van der Waals surface area contributed by atoms with E-state index in [1.54, 1.807) is 0 Å². The number of carbonyl (C=O) groups excluding carboxylic acids is 1. The summed E-state index contributed by atoms with van der Waals surface area (Å²) in [7, 11) is 0. The molecule has 0 aliphatic heterocycles. The topological polar surface area (TPSA) is 49.3 Å². The smallest absolute Gasteiger partial charge is 0.221 e. The molecule has 0 aromatic heterocycles. The van der Waals surface area contributed by atoms with Crippen molar-refractivity contribution >= 4 is 11.6 Å². The summed E-state index contributed by atoms with van der Waals surface area (Å²) >= 11 is 0. The molecule has 0 aliphatic carbocycles. The third kappa shape index (κ3) is 4.61. The second-order valence-corrected chi connectivity index (χ2v) is 3.56. The van der Waals surface area contributed by atoms with Crippen molar-refractivity contribution in [2.45, 2.75) is 26.2 Å². The van der Waals surface area contributed by atoms with Gasteiger partial charge in [-0.25, -0.2) is 0 Å². The van der Waals surface area contributed by atoms with Gasteiger partial charge in [-0.15, -0.1) is 0 Å². The number of carbonyl (C=O) groups is 1. The lowest BCUT2D eigenvalue weighted by Gasteiger charge is -2.05. The Hall–Kier alpha value is -1.35. The highest BCUT2D eigenvalue weighted by Gasteiger charge is 1.97. The molecule has 3 nitrogen and oxygen atoms in total. The number of aryl methyl sites for hydroxylation is 1. The molecular weight excluding hydrogens is 190 g/mol. The largest absolute Gasteiger partial charge is 0.396 e. The van der Waals surface area contributed by atoms with Gasteiger partial charge in [0, 0.05) is 19.2 Å². The van der Waals surface area contributed by atoms with Crippen LogP contribution in [0.5, 0.6) is 0 Å². The lowest BCUT2D eigenvalue weighted by molar-refractivity contribution is -0.114. The molecule has 0 bridgehead atoms. The number of aliphatic hydroxyl groups excluding tert-OH is 1. The molecule has 1 amide bonds. The van der Waals surface area contributed by atoms with Gasteiger partial charge in [-0.3, -0.25) is 4.79 Å². The molecule has 82 valence electrons. The number of unbranched alkanes of at least 4 members (excludes halogenated alkanes) is 1. The second kappa shape index (κ2) is 6.19. The molecule has 0 heterocycles. The van der Waals surface area contributed by atoms with E-state index in [-0.39, 0.29) is 12.5 Å². The van der Waals surface area contributed by atoms with Crippen LogP contribution in [0.1, 0.15) is 25.3 Å². The predicted octanol–water partition coefficient (Wildman–Crippen LogP) is 1.96. The van der Waals surface area contributed by atoms with E-state index in [9.17, 15) is 4.79 Å². The van der Waals surface area contributed by atoms with Crippen molar-refractivity contribution in [2.24, 2.45) is 0 Å². The summed E-state index contributed by atoms with van der Waals surface area (Å²) in [5.41, 5.74) is 2.03. The Labute approximate surface area is 90.1 Å². The molecule has 0 fully saturated rings. The summed E-state index contributed by atoms with van der Waals surface area (Å²) in [6.45, 7) is 1.74. The van der Waals surface area contributed by atoms with E-state index in [1.165, 1.54) is 12.5 Å². The van der Waals surface area contributed by atoms with Gasteiger partial charge in [-0.2, -0.15) is 0 Å². The first-order valence-corrected chi connectivity index (χ1v) is 5.20. The lowest BCUT2D eigenvalue weighted by Crippen LogP contribution is -2.05. The van der Waals surface area contributed by atoms with Crippen molar-refractivity contribution in [2.75, 3.05) is 11.9 Å². The number of rotatable bonds is 5. The molecule has 0 radical (unpaired) electrons. The number of hydrogen-bond donors (Lipinski definition) is 2. The molecule has 2 N–H and O–H groups in total. The Morgan fingerprint density at radius 2 is 2.20 bits per heavy atom. The third-order valence-corrected chi connectivity index (χ3v) is 2.12. The third-order valence-electron chi connectivity index (χ3n) is 2.12. The van der Waals surface area contributed by atoms with Crippen molar-refractivity contribution in [1.82, 2.24) is 0 Å². The molecule has 0 unspecified atom stereocenters.